The zero-order valence-electron chi connectivity index (χ0n) is 15.3. The third-order valence-corrected chi connectivity index (χ3v) is 4.29. The van der Waals surface area contributed by atoms with Crippen molar-refractivity contribution in [3.8, 4) is 0 Å². The smallest absolute Gasteiger partial charge is 0.339 e. The number of likely N-dealkylation sites (N-methyl/N-ethyl adjacent to an activating group) is 2. The van der Waals surface area contributed by atoms with Crippen molar-refractivity contribution in [3.63, 3.8) is 0 Å². The van der Waals surface area contributed by atoms with Crippen LogP contribution in [0.4, 0.5) is 0 Å². The maximum Gasteiger partial charge on any atom is 0.339 e. The molecule has 1 aromatic rings. The summed E-state index contributed by atoms with van der Waals surface area (Å²) in [5.74, 6) is -0.662. The molecule has 1 heterocycles. The maximum absolute atomic E-state index is 12.8. The topological polar surface area (TPSA) is 92.7 Å². The molecule has 0 aromatic carbocycles. The van der Waals surface area contributed by atoms with Gasteiger partial charge < -0.3 is 19.9 Å². The van der Waals surface area contributed by atoms with Gasteiger partial charge in [0.05, 0.1) is 24.9 Å². The van der Waals surface area contributed by atoms with Crippen LogP contribution in [0.3, 0.4) is 0 Å². The highest BCUT2D eigenvalue weighted by Gasteiger charge is 2.31. The fourth-order valence-corrected chi connectivity index (χ4v) is 2.86. The lowest BCUT2D eigenvalue weighted by Crippen LogP contribution is -3.17. The Morgan fingerprint density at radius 3 is 2.38 bits per heavy atom. The maximum atomic E-state index is 12.8. The molecule has 1 rings (SSSR count). The molecule has 1 unspecified atom stereocenters. The molecule has 0 aliphatic rings. The van der Waals surface area contributed by atoms with Gasteiger partial charge in [0.1, 0.15) is 0 Å². The van der Waals surface area contributed by atoms with E-state index in [-0.39, 0.29) is 18.2 Å². The van der Waals surface area contributed by atoms with Crippen LogP contribution >= 0.6 is 0 Å². The Morgan fingerprint density at radius 1 is 1.25 bits per heavy atom. The first-order chi connectivity index (χ1) is 11.3. The molecule has 0 aliphatic heterocycles. The van der Waals surface area contributed by atoms with E-state index in [0.29, 0.717) is 35.6 Å². The molecule has 2 atom stereocenters. The van der Waals surface area contributed by atoms with Crippen molar-refractivity contribution in [2.75, 3.05) is 26.7 Å². The summed E-state index contributed by atoms with van der Waals surface area (Å²) in [5, 5.41) is 2.75. The number of ketones is 1. The molecule has 3 N–H and O–H groups in total. The van der Waals surface area contributed by atoms with Crippen molar-refractivity contribution in [1.29, 1.82) is 0 Å². The lowest BCUT2D eigenvalue weighted by molar-refractivity contribution is -0.903. The number of ether oxygens (including phenoxy) is 1. The summed E-state index contributed by atoms with van der Waals surface area (Å²) in [6.07, 6.45) is 0. The SMILES string of the molecule is CCNC(=O)C[NH+](CC)[C@H](C)C(=O)c1[nH]c(C)c(C(=O)OC)c1C. The quantitative estimate of drug-likeness (QED) is 0.461. The molecule has 134 valence electrons. The Bertz CT molecular complexity index is 622. The number of aryl methyl sites for hydroxylation is 1. The molecule has 0 saturated heterocycles. The molecule has 1 aromatic heterocycles. The lowest BCUT2D eigenvalue weighted by Gasteiger charge is -2.23. The number of carbonyl (C=O) groups is 3. The number of amides is 1. The Kier molecular flexibility index (Phi) is 7.16. The van der Waals surface area contributed by atoms with Crippen molar-refractivity contribution in [2.45, 2.75) is 40.7 Å². The van der Waals surface area contributed by atoms with Gasteiger partial charge in [-0.15, -0.1) is 0 Å². The molecule has 1 amide bonds. The molecular weight excluding hydrogens is 310 g/mol. The van der Waals surface area contributed by atoms with Crippen molar-refractivity contribution >= 4 is 17.7 Å². The van der Waals surface area contributed by atoms with E-state index in [1.54, 1.807) is 20.8 Å². The summed E-state index contributed by atoms with van der Waals surface area (Å²) in [7, 11) is 1.31. The second-order valence-electron chi connectivity index (χ2n) is 5.84. The Morgan fingerprint density at radius 2 is 1.88 bits per heavy atom. The second-order valence-corrected chi connectivity index (χ2v) is 5.84. The van der Waals surface area contributed by atoms with Crippen LogP contribution in [0.15, 0.2) is 0 Å². The summed E-state index contributed by atoms with van der Waals surface area (Å²) in [6, 6.07) is -0.403. The van der Waals surface area contributed by atoms with Crippen LogP contribution in [0.1, 0.15) is 52.9 Å². The van der Waals surface area contributed by atoms with Crippen LogP contribution < -0.4 is 10.2 Å². The number of esters is 1. The van der Waals surface area contributed by atoms with Gasteiger partial charge in [0, 0.05) is 12.2 Å². The number of hydrogen-bond donors (Lipinski definition) is 3. The van der Waals surface area contributed by atoms with Crippen LogP contribution in [0.5, 0.6) is 0 Å². The number of rotatable bonds is 8. The normalized spacial score (nSPS) is 13.2. The van der Waals surface area contributed by atoms with Gasteiger partial charge in [-0.1, -0.05) is 0 Å². The number of quaternary nitrogens is 1. The monoisotopic (exact) mass is 338 g/mol. The summed E-state index contributed by atoms with van der Waals surface area (Å²) in [5.41, 5.74) is 2.00. The number of hydrogen-bond acceptors (Lipinski definition) is 4. The number of H-pyrrole nitrogens is 1. The van der Waals surface area contributed by atoms with Gasteiger partial charge in [0.2, 0.25) is 5.78 Å². The summed E-state index contributed by atoms with van der Waals surface area (Å²) in [4.78, 5) is 40.4. The van der Waals surface area contributed by atoms with Gasteiger partial charge in [-0.3, -0.25) is 9.59 Å². The third-order valence-electron chi connectivity index (χ3n) is 4.29. The first-order valence-corrected chi connectivity index (χ1v) is 8.21. The standard InChI is InChI=1S/C17H27N3O4/c1-7-18-13(21)9-20(8-2)12(5)16(22)15-10(3)14(11(4)19-15)17(23)24-6/h12,19H,7-9H2,1-6H3,(H,18,21)/p+1/t12-/m1/s1. The molecule has 0 saturated carbocycles. The Balaban J connectivity index is 3.04. The fourth-order valence-electron chi connectivity index (χ4n) is 2.86. The number of aromatic nitrogens is 1. The zero-order valence-corrected chi connectivity index (χ0v) is 15.3. The van der Waals surface area contributed by atoms with E-state index in [9.17, 15) is 14.4 Å². The predicted molar refractivity (Wildman–Crippen MR) is 90.5 cm³/mol. The molecule has 0 radical (unpaired) electrons. The Hall–Kier alpha value is -2.15. The van der Waals surface area contributed by atoms with Gasteiger partial charge in [0.15, 0.2) is 12.6 Å². The summed E-state index contributed by atoms with van der Waals surface area (Å²) in [6.45, 7) is 10.5. The number of aromatic amines is 1. The molecule has 0 aliphatic carbocycles. The molecule has 7 nitrogen and oxygen atoms in total. The van der Waals surface area contributed by atoms with E-state index in [4.69, 9.17) is 4.74 Å². The minimum Gasteiger partial charge on any atom is -0.465 e. The summed E-state index contributed by atoms with van der Waals surface area (Å²) >= 11 is 0. The van der Waals surface area contributed by atoms with E-state index in [2.05, 4.69) is 10.3 Å². The lowest BCUT2D eigenvalue weighted by atomic mass is 10.0. The largest absolute Gasteiger partial charge is 0.465 e. The first kappa shape index (κ1) is 19.9. The van der Waals surface area contributed by atoms with Crippen LogP contribution in [-0.2, 0) is 9.53 Å². The third kappa shape index (κ3) is 4.23. The zero-order chi connectivity index (χ0) is 18.4. The van der Waals surface area contributed by atoms with E-state index in [1.165, 1.54) is 7.11 Å². The number of nitrogens with one attached hydrogen (secondary N) is 3. The van der Waals surface area contributed by atoms with Gasteiger partial charge in [-0.25, -0.2) is 4.79 Å². The van der Waals surface area contributed by atoms with Crippen LogP contribution in [0, 0.1) is 13.8 Å². The molecule has 24 heavy (non-hydrogen) atoms. The van der Waals surface area contributed by atoms with Crippen molar-refractivity contribution in [1.82, 2.24) is 10.3 Å². The molecule has 0 bridgehead atoms. The van der Waals surface area contributed by atoms with E-state index < -0.39 is 12.0 Å². The highest BCUT2D eigenvalue weighted by Crippen LogP contribution is 2.19. The minimum absolute atomic E-state index is 0.0800. The van der Waals surface area contributed by atoms with Crippen LogP contribution in [-0.4, -0.2) is 55.4 Å². The van der Waals surface area contributed by atoms with Crippen molar-refractivity contribution in [2.24, 2.45) is 0 Å². The second kappa shape index (κ2) is 8.63. The molecular formula is C17H28N3O4+. The van der Waals surface area contributed by atoms with E-state index >= 15 is 0 Å². The van der Waals surface area contributed by atoms with Gasteiger partial charge in [-0.05, 0) is 40.2 Å². The molecule has 0 fully saturated rings. The minimum atomic E-state index is -0.463. The first-order valence-electron chi connectivity index (χ1n) is 8.21. The predicted octanol–water partition coefficient (Wildman–Crippen LogP) is 0.0302. The fraction of sp³-hybridized carbons (Fsp3) is 0.588. The van der Waals surface area contributed by atoms with Crippen LogP contribution in [0.2, 0.25) is 0 Å². The number of methoxy groups -OCH3 is 1. The average Bonchev–Trinajstić information content (AvgIpc) is 2.85. The molecule has 0 spiro atoms. The number of carbonyl (C=O) groups excluding carboxylic acids is 3. The van der Waals surface area contributed by atoms with Gasteiger partial charge in [-0.2, -0.15) is 0 Å². The van der Waals surface area contributed by atoms with Crippen molar-refractivity contribution < 1.29 is 24.0 Å². The number of Topliss-reactive ketones (excluding diaryl/α,β-unsaturated/α-hetero) is 1. The molecule has 7 heteroatoms. The average molecular weight is 338 g/mol. The van der Waals surface area contributed by atoms with Crippen LogP contribution in [0.25, 0.3) is 0 Å². The Labute approximate surface area is 142 Å². The van der Waals surface area contributed by atoms with Gasteiger partial charge in [0.25, 0.3) is 5.91 Å². The van der Waals surface area contributed by atoms with Gasteiger partial charge >= 0.3 is 5.97 Å². The highest BCUT2D eigenvalue weighted by atomic mass is 16.5. The van der Waals surface area contributed by atoms with E-state index in [1.807, 2.05) is 13.8 Å². The summed E-state index contributed by atoms with van der Waals surface area (Å²) < 4.78 is 4.77. The van der Waals surface area contributed by atoms with E-state index in [0.717, 1.165) is 4.90 Å². The van der Waals surface area contributed by atoms with Crippen molar-refractivity contribution in [3.05, 3.63) is 22.5 Å². The highest BCUT2D eigenvalue weighted by molar-refractivity contribution is 6.03.